The van der Waals surface area contributed by atoms with E-state index in [1.54, 1.807) is 6.07 Å². The van der Waals surface area contributed by atoms with Crippen LogP contribution in [0.25, 0.3) is 11.0 Å². The number of esters is 1. The minimum Gasteiger partial charge on any atom is -0.450 e. The second kappa shape index (κ2) is 9.04. The first kappa shape index (κ1) is 19.4. The molecule has 0 saturated heterocycles. The highest BCUT2D eigenvalue weighted by atomic mass is 16.5. The summed E-state index contributed by atoms with van der Waals surface area (Å²) < 4.78 is 16.4. The minimum atomic E-state index is -0.646. The van der Waals surface area contributed by atoms with Crippen LogP contribution in [0.2, 0.25) is 0 Å². The molecule has 1 heterocycles. The summed E-state index contributed by atoms with van der Waals surface area (Å²) in [5.41, 5.74) is 1.25. The quantitative estimate of drug-likeness (QED) is 0.747. The maximum absolute atomic E-state index is 12.5. The normalized spacial score (nSPS) is 19.8. The van der Waals surface area contributed by atoms with Crippen molar-refractivity contribution in [3.63, 3.8) is 0 Å². The SMILES string of the molecule is CCOCc1c(C(=O)OCC(=O)N[C@@H]2CCCC[C@@H]2C)oc2ccccc12. The number of rotatable bonds is 7. The number of fused-ring (bicyclic) bond motifs is 1. The Labute approximate surface area is 159 Å². The van der Waals surface area contributed by atoms with Gasteiger partial charge < -0.3 is 19.2 Å². The van der Waals surface area contributed by atoms with Crippen molar-refractivity contribution in [3.8, 4) is 0 Å². The highest BCUT2D eigenvalue weighted by Gasteiger charge is 2.25. The number of para-hydroxylation sites is 1. The van der Waals surface area contributed by atoms with Crippen LogP contribution in [0, 0.1) is 5.92 Å². The Morgan fingerprint density at radius 1 is 1.22 bits per heavy atom. The van der Waals surface area contributed by atoms with Crippen molar-refractivity contribution in [3.05, 3.63) is 35.6 Å². The molecule has 1 aromatic heterocycles. The average molecular weight is 373 g/mol. The van der Waals surface area contributed by atoms with Crippen molar-refractivity contribution in [2.24, 2.45) is 5.92 Å². The minimum absolute atomic E-state index is 0.100. The van der Waals surface area contributed by atoms with Gasteiger partial charge in [-0.3, -0.25) is 4.79 Å². The first-order valence-electron chi connectivity index (χ1n) is 9.64. The second-order valence-corrected chi connectivity index (χ2v) is 7.05. The van der Waals surface area contributed by atoms with Crippen LogP contribution in [0.15, 0.2) is 28.7 Å². The number of hydrogen-bond acceptors (Lipinski definition) is 5. The summed E-state index contributed by atoms with van der Waals surface area (Å²) >= 11 is 0. The molecule has 0 spiro atoms. The zero-order chi connectivity index (χ0) is 19.2. The number of ether oxygens (including phenoxy) is 2. The Hall–Kier alpha value is -2.34. The van der Waals surface area contributed by atoms with Crippen LogP contribution in [-0.4, -0.2) is 31.1 Å². The number of carbonyl (C=O) groups is 2. The number of amides is 1. The van der Waals surface area contributed by atoms with Crippen molar-refractivity contribution in [2.75, 3.05) is 13.2 Å². The van der Waals surface area contributed by atoms with Gasteiger partial charge in [-0.1, -0.05) is 38.0 Å². The van der Waals surface area contributed by atoms with Crippen LogP contribution in [0.3, 0.4) is 0 Å². The smallest absolute Gasteiger partial charge is 0.375 e. The number of nitrogens with one attached hydrogen (secondary N) is 1. The van der Waals surface area contributed by atoms with Crippen molar-refractivity contribution < 1.29 is 23.5 Å². The van der Waals surface area contributed by atoms with Crippen molar-refractivity contribution in [1.82, 2.24) is 5.32 Å². The summed E-state index contributed by atoms with van der Waals surface area (Å²) in [6.45, 7) is 4.49. The van der Waals surface area contributed by atoms with Gasteiger partial charge in [-0.25, -0.2) is 4.79 Å². The summed E-state index contributed by atoms with van der Waals surface area (Å²) in [5, 5.41) is 3.80. The Morgan fingerprint density at radius 3 is 2.78 bits per heavy atom. The molecule has 1 aliphatic carbocycles. The fraction of sp³-hybridized carbons (Fsp3) is 0.524. The molecule has 1 aliphatic rings. The van der Waals surface area contributed by atoms with E-state index in [9.17, 15) is 9.59 Å². The zero-order valence-corrected chi connectivity index (χ0v) is 16.0. The van der Waals surface area contributed by atoms with E-state index < -0.39 is 5.97 Å². The molecule has 6 nitrogen and oxygen atoms in total. The molecule has 1 N–H and O–H groups in total. The van der Waals surface area contributed by atoms with Crippen LogP contribution in [0.4, 0.5) is 0 Å². The molecule has 6 heteroatoms. The molecule has 1 amide bonds. The van der Waals surface area contributed by atoms with Gasteiger partial charge in [0.15, 0.2) is 6.61 Å². The molecule has 0 radical (unpaired) electrons. The van der Waals surface area contributed by atoms with E-state index in [1.807, 2.05) is 25.1 Å². The van der Waals surface area contributed by atoms with E-state index in [1.165, 1.54) is 6.42 Å². The van der Waals surface area contributed by atoms with Gasteiger partial charge in [0.25, 0.3) is 5.91 Å². The second-order valence-electron chi connectivity index (χ2n) is 7.05. The fourth-order valence-corrected chi connectivity index (χ4v) is 3.59. The van der Waals surface area contributed by atoms with E-state index in [4.69, 9.17) is 13.9 Å². The fourth-order valence-electron chi connectivity index (χ4n) is 3.59. The molecule has 146 valence electrons. The molecule has 3 rings (SSSR count). The van der Waals surface area contributed by atoms with E-state index in [2.05, 4.69) is 12.2 Å². The third-order valence-corrected chi connectivity index (χ3v) is 5.13. The van der Waals surface area contributed by atoms with Gasteiger partial charge in [0, 0.05) is 23.6 Å². The average Bonchev–Trinajstić information content (AvgIpc) is 3.05. The molecule has 2 aromatic rings. The molecule has 0 unspecified atom stereocenters. The first-order valence-corrected chi connectivity index (χ1v) is 9.64. The topological polar surface area (TPSA) is 77.8 Å². The van der Waals surface area contributed by atoms with Crippen LogP contribution >= 0.6 is 0 Å². The standard InChI is InChI=1S/C21H27NO5/c1-3-25-12-16-15-9-5-7-11-18(15)27-20(16)21(24)26-13-19(23)22-17-10-6-4-8-14(17)2/h5,7,9,11,14,17H,3-4,6,8,10,12-13H2,1-2H3,(H,22,23)/t14-,17+/m0/s1. The van der Waals surface area contributed by atoms with Gasteiger partial charge in [-0.2, -0.15) is 0 Å². The zero-order valence-electron chi connectivity index (χ0n) is 16.0. The van der Waals surface area contributed by atoms with Gasteiger partial charge in [0.05, 0.1) is 6.61 Å². The molecule has 0 aliphatic heterocycles. The lowest BCUT2D eigenvalue weighted by Crippen LogP contribution is -2.42. The third-order valence-electron chi connectivity index (χ3n) is 5.13. The monoisotopic (exact) mass is 373 g/mol. The summed E-state index contributed by atoms with van der Waals surface area (Å²) in [4.78, 5) is 24.7. The molecule has 0 bridgehead atoms. The molecule has 1 aromatic carbocycles. The van der Waals surface area contributed by atoms with Gasteiger partial charge >= 0.3 is 5.97 Å². The van der Waals surface area contributed by atoms with Crippen molar-refractivity contribution >= 4 is 22.8 Å². The lowest BCUT2D eigenvalue weighted by molar-refractivity contribution is -0.125. The molecular weight excluding hydrogens is 346 g/mol. The Kier molecular flexibility index (Phi) is 6.50. The van der Waals surface area contributed by atoms with E-state index in [-0.39, 0.29) is 30.9 Å². The predicted octanol–water partition coefficient (Wildman–Crippen LogP) is 3.82. The van der Waals surface area contributed by atoms with Gasteiger partial charge in [-0.15, -0.1) is 0 Å². The van der Waals surface area contributed by atoms with Gasteiger partial charge in [0.1, 0.15) is 5.58 Å². The first-order chi connectivity index (χ1) is 13.1. The van der Waals surface area contributed by atoms with Gasteiger partial charge in [-0.05, 0) is 31.7 Å². The van der Waals surface area contributed by atoms with Crippen LogP contribution in [-0.2, 0) is 20.9 Å². The molecule has 2 atom stereocenters. The summed E-state index contributed by atoms with van der Waals surface area (Å²) in [6.07, 6.45) is 4.42. The highest BCUT2D eigenvalue weighted by Crippen LogP contribution is 2.27. The maximum atomic E-state index is 12.5. The van der Waals surface area contributed by atoms with Crippen LogP contribution in [0.5, 0.6) is 0 Å². The lowest BCUT2D eigenvalue weighted by atomic mass is 9.86. The van der Waals surface area contributed by atoms with E-state index in [0.29, 0.717) is 23.7 Å². The number of carbonyl (C=O) groups excluding carboxylic acids is 2. The molecule has 27 heavy (non-hydrogen) atoms. The van der Waals surface area contributed by atoms with Crippen molar-refractivity contribution in [2.45, 2.75) is 52.2 Å². The largest absolute Gasteiger partial charge is 0.450 e. The van der Waals surface area contributed by atoms with Crippen LogP contribution < -0.4 is 5.32 Å². The molecule has 1 fully saturated rings. The van der Waals surface area contributed by atoms with E-state index >= 15 is 0 Å². The third kappa shape index (κ3) is 4.69. The van der Waals surface area contributed by atoms with Crippen molar-refractivity contribution in [1.29, 1.82) is 0 Å². The number of furan rings is 1. The van der Waals surface area contributed by atoms with E-state index in [0.717, 1.165) is 24.6 Å². The Balaban J connectivity index is 1.64. The lowest BCUT2D eigenvalue weighted by Gasteiger charge is -2.29. The number of hydrogen-bond donors (Lipinski definition) is 1. The molecule has 1 saturated carbocycles. The summed E-state index contributed by atoms with van der Waals surface area (Å²) in [5.74, 6) is -0.368. The Bertz CT molecular complexity index is 797. The molecular formula is C21H27NO5. The van der Waals surface area contributed by atoms with Crippen LogP contribution in [0.1, 0.15) is 55.6 Å². The predicted molar refractivity (Wildman–Crippen MR) is 101 cm³/mol. The Morgan fingerprint density at radius 2 is 2.00 bits per heavy atom. The maximum Gasteiger partial charge on any atom is 0.375 e. The summed E-state index contributed by atoms with van der Waals surface area (Å²) in [7, 11) is 0. The highest BCUT2D eigenvalue weighted by molar-refractivity contribution is 5.96. The summed E-state index contributed by atoms with van der Waals surface area (Å²) in [6, 6.07) is 7.54. The number of benzene rings is 1. The van der Waals surface area contributed by atoms with Gasteiger partial charge in [0.2, 0.25) is 5.76 Å².